The van der Waals surface area contributed by atoms with Crippen molar-refractivity contribution < 1.29 is 67.0 Å². The van der Waals surface area contributed by atoms with Crippen LogP contribution in [0.5, 0.6) is 23.0 Å². The molecule has 0 bridgehead atoms. The van der Waals surface area contributed by atoms with Crippen LogP contribution in [0.4, 0.5) is 0 Å². The molecule has 1 fully saturated rings. The van der Waals surface area contributed by atoms with Crippen LogP contribution >= 0.6 is 0 Å². The van der Waals surface area contributed by atoms with E-state index in [-0.39, 0.29) is 17.7 Å². The molecule has 2 aliphatic rings. The van der Waals surface area contributed by atoms with Gasteiger partial charge in [-0.3, -0.25) is 24.0 Å². The number of fused-ring (bicyclic) bond motifs is 1. The summed E-state index contributed by atoms with van der Waals surface area (Å²) in [5.41, 5.74) is 0.658. The third-order valence-corrected chi connectivity index (χ3v) is 6.44. The zero-order valence-corrected chi connectivity index (χ0v) is 24.4. The first-order chi connectivity index (χ1) is 20.9. The monoisotopic (exact) mass is 616 g/mol. The lowest BCUT2D eigenvalue weighted by Gasteiger charge is -2.43. The summed E-state index contributed by atoms with van der Waals surface area (Å²) in [6.07, 6.45) is -7.01. The fourth-order valence-electron chi connectivity index (χ4n) is 4.72. The number of ether oxygens (including phenoxy) is 8. The number of phenols is 1. The predicted octanol–water partition coefficient (Wildman–Crippen LogP) is 2.05. The van der Waals surface area contributed by atoms with Gasteiger partial charge in [0.25, 0.3) is 0 Å². The maximum Gasteiger partial charge on any atom is 0.303 e. The lowest BCUT2D eigenvalue weighted by molar-refractivity contribution is -0.288. The molecule has 2 aromatic carbocycles. The van der Waals surface area contributed by atoms with Gasteiger partial charge in [0.15, 0.2) is 29.5 Å². The van der Waals surface area contributed by atoms with E-state index in [1.54, 1.807) is 18.2 Å². The van der Waals surface area contributed by atoms with Gasteiger partial charge < -0.3 is 43.0 Å². The largest absolute Gasteiger partial charge is 0.507 e. The van der Waals surface area contributed by atoms with Crippen molar-refractivity contribution in [2.75, 3.05) is 19.8 Å². The normalized spacial score (nSPS) is 22.2. The molecular formula is C30H32O14. The van der Waals surface area contributed by atoms with Crippen molar-refractivity contribution in [3.8, 4) is 23.0 Å². The molecule has 14 nitrogen and oxygen atoms in total. The van der Waals surface area contributed by atoms with E-state index >= 15 is 0 Å². The summed E-state index contributed by atoms with van der Waals surface area (Å²) in [6.45, 7) is 4.86. The van der Waals surface area contributed by atoms with Crippen molar-refractivity contribution in [1.82, 2.24) is 0 Å². The van der Waals surface area contributed by atoms with E-state index in [9.17, 15) is 29.1 Å². The predicted molar refractivity (Wildman–Crippen MR) is 146 cm³/mol. The van der Waals surface area contributed by atoms with Gasteiger partial charge >= 0.3 is 23.9 Å². The quantitative estimate of drug-likeness (QED) is 0.233. The van der Waals surface area contributed by atoms with Crippen molar-refractivity contribution >= 4 is 29.7 Å². The molecule has 0 unspecified atom stereocenters. The van der Waals surface area contributed by atoms with Gasteiger partial charge in [0, 0.05) is 40.2 Å². The molecule has 5 atom stereocenters. The van der Waals surface area contributed by atoms with Crippen LogP contribution in [0, 0.1) is 0 Å². The molecule has 0 spiro atoms. The second-order valence-electron chi connectivity index (χ2n) is 9.94. The average Bonchev–Trinajstić information content (AvgIpc) is 2.94. The molecule has 4 rings (SSSR count). The van der Waals surface area contributed by atoms with E-state index in [1.165, 1.54) is 12.1 Å². The SMILES string of the molecule is CC(=O)OC[C@@H]1O[C@H](Oc2ccc(C(=O)Cc3ccc4c(c3)OCCO4)c(O)c2)[C@@H](OC(C)=O)[C@@H](OC(C)=O)[C@@H]1OC(C)=O. The molecule has 1 N–H and O–H groups in total. The molecule has 236 valence electrons. The molecule has 0 aliphatic carbocycles. The Bertz CT molecular complexity index is 1420. The van der Waals surface area contributed by atoms with E-state index in [1.807, 2.05) is 0 Å². The molecule has 0 saturated carbocycles. The Morgan fingerprint density at radius 3 is 2.05 bits per heavy atom. The molecule has 0 amide bonds. The minimum atomic E-state index is -1.51. The van der Waals surface area contributed by atoms with Crippen molar-refractivity contribution in [2.24, 2.45) is 0 Å². The number of phenolic OH excluding ortho intramolecular Hbond substituents is 1. The Kier molecular flexibility index (Phi) is 10.3. The molecule has 2 aliphatic heterocycles. The highest BCUT2D eigenvalue weighted by atomic mass is 16.7. The summed E-state index contributed by atoms with van der Waals surface area (Å²) in [5, 5.41) is 10.7. The number of aromatic hydroxyl groups is 1. The molecule has 0 radical (unpaired) electrons. The van der Waals surface area contributed by atoms with Gasteiger partial charge in [-0.2, -0.15) is 0 Å². The number of ketones is 1. The Labute approximate surface area is 252 Å². The van der Waals surface area contributed by atoms with E-state index < -0.39 is 72.7 Å². The van der Waals surface area contributed by atoms with Crippen LogP contribution in [0.1, 0.15) is 43.6 Å². The Hall–Kier alpha value is -4.85. The van der Waals surface area contributed by atoms with Gasteiger partial charge in [-0.05, 0) is 29.8 Å². The third kappa shape index (κ3) is 8.16. The summed E-state index contributed by atoms with van der Waals surface area (Å²) in [7, 11) is 0. The standard InChI is InChI=1S/C30H32O14/c1-15(31)39-14-26-27(40-16(2)32)28(41-17(3)33)29(42-18(4)34)30(44-26)43-20-6-7-21(23(36)13-20)22(35)11-19-5-8-24-25(12-19)38-10-9-37-24/h5-8,12-13,26-30,36H,9-11,14H2,1-4H3/t26-,27+,28-,29-,30-/m0/s1. The molecule has 2 heterocycles. The number of benzene rings is 2. The summed E-state index contributed by atoms with van der Waals surface area (Å²) in [6, 6.07) is 9.02. The molecule has 14 heteroatoms. The Balaban J connectivity index is 1.57. The average molecular weight is 617 g/mol. The Morgan fingerprint density at radius 1 is 0.773 bits per heavy atom. The first-order valence-electron chi connectivity index (χ1n) is 13.6. The van der Waals surface area contributed by atoms with E-state index in [0.717, 1.165) is 33.8 Å². The van der Waals surface area contributed by atoms with Gasteiger partial charge in [0.1, 0.15) is 37.4 Å². The lowest BCUT2D eigenvalue weighted by Crippen LogP contribution is -2.63. The molecule has 1 saturated heterocycles. The van der Waals surface area contributed by atoms with Crippen LogP contribution in [0.15, 0.2) is 36.4 Å². The van der Waals surface area contributed by atoms with Crippen molar-refractivity contribution in [1.29, 1.82) is 0 Å². The van der Waals surface area contributed by atoms with Gasteiger partial charge in [0.05, 0.1) is 5.56 Å². The van der Waals surface area contributed by atoms with Gasteiger partial charge in [-0.15, -0.1) is 0 Å². The highest BCUT2D eigenvalue weighted by molar-refractivity contribution is 6.00. The first kappa shape index (κ1) is 32.1. The van der Waals surface area contributed by atoms with Crippen LogP contribution < -0.4 is 14.2 Å². The number of hydrogen-bond donors (Lipinski definition) is 1. The maximum absolute atomic E-state index is 13.0. The van der Waals surface area contributed by atoms with Crippen LogP contribution in [-0.2, 0) is 49.3 Å². The molecule has 2 aromatic rings. The number of hydrogen-bond acceptors (Lipinski definition) is 14. The second-order valence-corrected chi connectivity index (χ2v) is 9.94. The zero-order valence-electron chi connectivity index (χ0n) is 24.4. The van der Waals surface area contributed by atoms with Gasteiger partial charge in [0.2, 0.25) is 12.4 Å². The van der Waals surface area contributed by atoms with Crippen LogP contribution in [0.3, 0.4) is 0 Å². The number of Topliss-reactive ketones (excluding diaryl/α,β-unsaturated/α-hetero) is 1. The van der Waals surface area contributed by atoms with Crippen molar-refractivity contribution in [3.63, 3.8) is 0 Å². The van der Waals surface area contributed by atoms with E-state index in [4.69, 9.17) is 37.9 Å². The van der Waals surface area contributed by atoms with E-state index in [0.29, 0.717) is 30.3 Å². The third-order valence-electron chi connectivity index (χ3n) is 6.44. The maximum atomic E-state index is 13.0. The fraction of sp³-hybridized carbons (Fsp3) is 0.433. The van der Waals surface area contributed by atoms with Crippen LogP contribution in [0.25, 0.3) is 0 Å². The number of carbonyl (C=O) groups is 5. The minimum absolute atomic E-state index is 0.00813. The smallest absolute Gasteiger partial charge is 0.303 e. The summed E-state index contributed by atoms with van der Waals surface area (Å²) < 4.78 is 44.0. The lowest BCUT2D eigenvalue weighted by atomic mass is 9.98. The van der Waals surface area contributed by atoms with Gasteiger partial charge in [-0.25, -0.2) is 0 Å². The van der Waals surface area contributed by atoms with E-state index in [2.05, 4.69) is 0 Å². The summed E-state index contributed by atoms with van der Waals surface area (Å²) in [4.78, 5) is 60.5. The first-order valence-corrected chi connectivity index (χ1v) is 13.6. The number of esters is 4. The number of carbonyl (C=O) groups excluding carboxylic acids is 5. The topological polar surface area (TPSA) is 179 Å². The van der Waals surface area contributed by atoms with Gasteiger partial charge in [-0.1, -0.05) is 6.07 Å². The fourth-order valence-corrected chi connectivity index (χ4v) is 4.72. The zero-order chi connectivity index (χ0) is 32.0. The molecule has 44 heavy (non-hydrogen) atoms. The van der Waals surface area contributed by atoms with Crippen LogP contribution in [0.2, 0.25) is 0 Å². The Morgan fingerprint density at radius 2 is 1.41 bits per heavy atom. The minimum Gasteiger partial charge on any atom is -0.507 e. The summed E-state index contributed by atoms with van der Waals surface area (Å²) in [5.74, 6) is -2.74. The molecule has 0 aromatic heterocycles. The van der Waals surface area contributed by atoms with Crippen LogP contribution in [-0.4, -0.2) is 85.3 Å². The second kappa shape index (κ2) is 14.1. The summed E-state index contributed by atoms with van der Waals surface area (Å²) >= 11 is 0. The highest BCUT2D eigenvalue weighted by Crippen LogP contribution is 2.34. The van der Waals surface area contributed by atoms with Crippen molar-refractivity contribution in [3.05, 3.63) is 47.5 Å². The highest BCUT2D eigenvalue weighted by Gasteiger charge is 2.53. The number of rotatable bonds is 10. The van der Waals surface area contributed by atoms with Crippen molar-refractivity contribution in [2.45, 2.75) is 64.8 Å². The molecular weight excluding hydrogens is 584 g/mol.